The van der Waals surface area contributed by atoms with Crippen molar-refractivity contribution in [3.63, 3.8) is 0 Å². The number of rotatable bonds is 2. The summed E-state index contributed by atoms with van der Waals surface area (Å²) in [5, 5.41) is 0. The number of aromatic nitrogens is 2. The Kier molecular flexibility index (Phi) is 5.79. The molecule has 8 heteroatoms. The summed E-state index contributed by atoms with van der Waals surface area (Å²) in [4.78, 5) is 18.3. The van der Waals surface area contributed by atoms with Crippen LogP contribution in [0.3, 0.4) is 0 Å². The number of sulfonamides is 1. The fourth-order valence-electron chi connectivity index (χ4n) is 1.27. The molecule has 0 spiro atoms. The minimum atomic E-state index is -3.73. The van der Waals surface area contributed by atoms with Gasteiger partial charge < -0.3 is 5.73 Å². The van der Waals surface area contributed by atoms with Crippen LogP contribution in [0.1, 0.15) is 12.7 Å². The van der Waals surface area contributed by atoms with Gasteiger partial charge in [-0.05, 0) is 37.3 Å². The van der Waals surface area contributed by atoms with Gasteiger partial charge >= 0.3 is 0 Å². The van der Waals surface area contributed by atoms with Gasteiger partial charge in [0.2, 0.25) is 5.91 Å². The molecule has 0 fully saturated rings. The van der Waals surface area contributed by atoms with Crippen LogP contribution in [0.25, 0.3) is 0 Å². The van der Waals surface area contributed by atoms with Crippen LogP contribution in [0.5, 0.6) is 0 Å². The molecule has 0 bridgehead atoms. The highest BCUT2D eigenvalue weighted by Gasteiger charge is 2.14. The number of hydrogen-bond acceptors (Lipinski definition) is 6. The molecule has 0 aliphatic rings. The number of amides is 1. The summed E-state index contributed by atoms with van der Waals surface area (Å²) in [5.41, 5.74) is 5.85. The van der Waals surface area contributed by atoms with E-state index in [2.05, 4.69) is 9.97 Å². The van der Waals surface area contributed by atoms with E-state index in [1.807, 2.05) is 11.6 Å². The molecule has 2 rings (SSSR count). The van der Waals surface area contributed by atoms with Crippen molar-refractivity contribution in [3.8, 4) is 0 Å². The quantitative estimate of drug-likeness (QED) is 0.796. The second-order valence-corrected chi connectivity index (χ2v) is 5.71. The maximum Gasteiger partial charge on any atom is 0.264 e. The predicted octanol–water partition coefficient (Wildman–Crippen LogP) is 0.879. The third kappa shape index (κ3) is 6.00. The van der Waals surface area contributed by atoms with Crippen molar-refractivity contribution >= 4 is 21.6 Å². The molecule has 1 aromatic heterocycles. The van der Waals surface area contributed by atoms with E-state index in [1.165, 1.54) is 24.3 Å². The molecule has 0 saturated carbocycles. The smallest absolute Gasteiger partial charge is 0.264 e. The highest BCUT2D eigenvalue weighted by Crippen LogP contribution is 2.10. The van der Waals surface area contributed by atoms with Gasteiger partial charge in [-0.2, -0.15) is 0 Å². The maximum atomic E-state index is 11.4. The maximum absolute atomic E-state index is 11.4. The summed E-state index contributed by atoms with van der Waals surface area (Å²) in [7, 11) is -3.73. The second-order valence-electron chi connectivity index (χ2n) is 4.03. The third-order valence-electron chi connectivity index (χ3n) is 2.16. The van der Waals surface area contributed by atoms with E-state index in [9.17, 15) is 13.2 Å². The summed E-state index contributed by atoms with van der Waals surface area (Å²) in [6.45, 7) is 2.99. The zero-order valence-electron chi connectivity index (χ0n) is 11.6. The highest BCUT2D eigenvalue weighted by atomic mass is 32.2. The standard InChI is InChI=1S/C8H10N2O3S.C5H6N2/c1-6(11)10-14(12,13)8-4-2-7(9)3-5-8;1-5-6-3-2-4-7-5/h2-5H,9H2,1H3,(H,10,11);2-4H,1H3. The molecule has 21 heavy (non-hydrogen) atoms. The lowest BCUT2D eigenvalue weighted by atomic mass is 10.3. The number of carbonyl (C=O) groups is 1. The van der Waals surface area contributed by atoms with Gasteiger partial charge in [0, 0.05) is 25.0 Å². The first-order valence-electron chi connectivity index (χ1n) is 5.94. The molecule has 3 N–H and O–H groups in total. The van der Waals surface area contributed by atoms with Gasteiger partial charge in [0.15, 0.2) is 0 Å². The van der Waals surface area contributed by atoms with E-state index in [0.717, 1.165) is 12.7 Å². The normalized spacial score (nSPS) is 10.2. The van der Waals surface area contributed by atoms with Crippen LogP contribution in [-0.4, -0.2) is 24.3 Å². The van der Waals surface area contributed by atoms with Gasteiger partial charge in [0.05, 0.1) is 4.90 Å². The molecule has 0 unspecified atom stereocenters. The van der Waals surface area contributed by atoms with Crippen molar-refractivity contribution in [2.24, 2.45) is 0 Å². The first-order valence-corrected chi connectivity index (χ1v) is 7.42. The van der Waals surface area contributed by atoms with Gasteiger partial charge in [0.25, 0.3) is 10.0 Å². The van der Waals surface area contributed by atoms with Crippen LogP contribution in [0.15, 0.2) is 47.6 Å². The molecule has 0 radical (unpaired) electrons. The second kappa shape index (κ2) is 7.34. The summed E-state index contributed by atoms with van der Waals surface area (Å²) in [5.74, 6) is 0.198. The minimum Gasteiger partial charge on any atom is -0.399 e. The molecule has 0 aliphatic carbocycles. The van der Waals surface area contributed by atoms with E-state index in [4.69, 9.17) is 5.73 Å². The Bertz CT molecular complexity index is 685. The molecule has 0 saturated heterocycles. The number of benzene rings is 1. The van der Waals surface area contributed by atoms with Gasteiger partial charge in [-0.15, -0.1) is 0 Å². The largest absolute Gasteiger partial charge is 0.399 e. The van der Waals surface area contributed by atoms with E-state index < -0.39 is 15.9 Å². The Labute approximate surface area is 123 Å². The van der Waals surface area contributed by atoms with Crippen LogP contribution in [0.2, 0.25) is 0 Å². The summed E-state index contributed by atoms with van der Waals surface area (Å²) >= 11 is 0. The Morgan fingerprint density at radius 1 is 1.14 bits per heavy atom. The van der Waals surface area contributed by atoms with Crippen LogP contribution in [0.4, 0.5) is 5.69 Å². The average molecular weight is 308 g/mol. The Morgan fingerprint density at radius 2 is 1.67 bits per heavy atom. The van der Waals surface area contributed by atoms with Crippen LogP contribution < -0.4 is 10.5 Å². The topological polar surface area (TPSA) is 115 Å². The van der Waals surface area contributed by atoms with E-state index in [0.29, 0.717) is 5.69 Å². The summed E-state index contributed by atoms with van der Waals surface area (Å²) in [6.07, 6.45) is 3.45. The van der Waals surface area contributed by atoms with Gasteiger partial charge in [-0.1, -0.05) is 0 Å². The Morgan fingerprint density at radius 3 is 2.05 bits per heavy atom. The molecule has 7 nitrogen and oxygen atoms in total. The number of carbonyl (C=O) groups excluding carboxylic acids is 1. The fourth-order valence-corrected chi connectivity index (χ4v) is 2.26. The molecule has 112 valence electrons. The lowest BCUT2D eigenvalue weighted by Gasteiger charge is -2.04. The van der Waals surface area contributed by atoms with Crippen LogP contribution in [0, 0.1) is 6.92 Å². The third-order valence-corrected chi connectivity index (χ3v) is 3.61. The van der Waals surface area contributed by atoms with Gasteiger partial charge in [-0.3, -0.25) is 4.79 Å². The average Bonchev–Trinajstić information content (AvgIpc) is 2.39. The van der Waals surface area contributed by atoms with Crippen molar-refractivity contribution in [1.29, 1.82) is 0 Å². The number of nitrogens with one attached hydrogen (secondary N) is 1. The van der Waals surface area contributed by atoms with Crippen LogP contribution in [-0.2, 0) is 14.8 Å². The van der Waals surface area contributed by atoms with Crippen LogP contribution >= 0.6 is 0 Å². The number of hydrogen-bond donors (Lipinski definition) is 2. The molecular formula is C13H16N4O3S. The first-order chi connectivity index (χ1) is 9.81. The SMILES string of the molecule is CC(=O)NS(=O)(=O)c1ccc(N)cc1.Cc1ncccn1. The van der Waals surface area contributed by atoms with Crippen molar-refractivity contribution in [1.82, 2.24) is 14.7 Å². The molecule has 0 aliphatic heterocycles. The van der Waals surface area contributed by atoms with Crippen molar-refractivity contribution in [3.05, 3.63) is 48.5 Å². The zero-order valence-corrected chi connectivity index (χ0v) is 12.5. The number of nitrogens with two attached hydrogens (primary N) is 1. The number of nitrogens with zero attached hydrogens (tertiary/aromatic N) is 2. The van der Waals surface area contributed by atoms with Crippen molar-refractivity contribution < 1.29 is 13.2 Å². The fraction of sp³-hybridized carbons (Fsp3) is 0.154. The Balaban J connectivity index is 0.000000262. The molecule has 1 heterocycles. The number of aryl methyl sites for hydroxylation is 1. The van der Waals surface area contributed by atoms with E-state index in [-0.39, 0.29) is 4.90 Å². The van der Waals surface area contributed by atoms with Crippen molar-refractivity contribution in [2.45, 2.75) is 18.7 Å². The lowest BCUT2D eigenvalue weighted by Crippen LogP contribution is -2.28. The van der Waals surface area contributed by atoms with Gasteiger partial charge in [-0.25, -0.2) is 23.1 Å². The Hall–Kier alpha value is -2.48. The molecule has 1 amide bonds. The predicted molar refractivity (Wildman–Crippen MR) is 78.6 cm³/mol. The number of anilines is 1. The monoisotopic (exact) mass is 308 g/mol. The van der Waals surface area contributed by atoms with E-state index >= 15 is 0 Å². The number of nitrogen functional groups attached to an aromatic ring is 1. The van der Waals surface area contributed by atoms with E-state index in [1.54, 1.807) is 18.5 Å². The molecule has 2 aromatic rings. The summed E-state index contributed by atoms with van der Waals surface area (Å²) in [6, 6.07) is 7.37. The molecular weight excluding hydrogens is 292 g/mol. The summed E-state index contributed by atoms with van der Waals surface area (Å²) < 4.78 is 24.6. The van der Waals surface area contributed by atoms with Crippen molar-refractivity contribution in [2.75, 3.05) is 5.73 Å². The highest BCUT2D eigenvalue weighted by molar-refractivity contribution is 7.90. The van der Waals surface area contributed by atoms with Gasteiger partial charge in [0.1, 0.15) is 5.82 Å². The molecule has 1 aromatic carbocycles. The first kappa shape index (κ1) is 16.6. The zero-order chi connectivity index (χ0) is 15.9. The minimum absolute atomic E-state index is 0.0156. The molecule has 0 atom stereocenters. The lowest BCUT2D eigenvalue weighted by molar-refractivity contribution is -0.117.